The summed E-state index contributed by atoms with van der Waals surface area (Å²) in [5.74, 6) is -1.33. The van der Waals surface area contributed by atoms with E-state index < -0.39 is 32.5 Å². The summed E-state index contributed by atoms with van der Waals surface area (Å²) >= 11 is 0. The number of aliphatic carboxylic acids is 1. The van der Waals surface area contributed by atoms with E-state index in [-0.39, 0.29) is 0 Å². The standard InChI is InChI=1S/C12H22N2O5S/c1-9(10(15)16)13-5-7-14(8-6-13)11(17)12(2,3)20(4,18)19/h9H,5-8H2,1-4H3,(H,15,16). The lowest BCUT2D eigenvalue weighted by molar-refractivity contribution is -0.144. The van der Waals surface area contributed by atoms with Gasteiger partial charge in [-0.3, -0.25) is 14.5 Å². The van der Waals surface area contributed by atoms with Gasteiger partial charge in [0.05, 0.1) is 0 Å². The van der Waals surface area contributed by atoms with Crippen LogP contribution in [0.5, 0.6) is 0 Å². The fourth-order valence-electron chi connectivity index (χ4n) is 2.01. The summed E-state index contributed by atoms with van der Waals surface area (Å²) in [4.78, 5) is 26.4. The number of carboxylic acids is 1. The first-order chi connectivity index (χ1) is 8.98. The van der Waals surface area contributed by atoms with Crippen LogP contribution in [-0.2, 0) is 19.4 Å². The zero-order chi connectivity index (χ0) is 15.7. The van der Waals surface area contributed by atoms with Gasteiger partial charge in [-0.05, 0) is 20.8 Å². The van der Waals surface area contributed by atoms with Crippen LogP contribution in [0.4, 0.5) is 0 Å². The van der Waals surface area contributed by atoms with Crippen LogP contribution in [0.1, 0.15) is 20.8 Å². The summed E-state index contributed by atoms with van der Waals surface area (Å²) in [6.45, 7) is 5.94. The van der Waals surface area contributed by atoms with Crippen LogP contribution in [0.15, 0.2) is 0 Å². The molecule has 1 amide bonds. The highest BCUT2D eigenvalue weighted by Gasteiger charge is 2.42. The second-order valence-electron chi connectivity index (χ2n) is 5.62. The maximum atomic E-state index is 12.3. The molecule has 1 heterocycles. The minimum absolute atomic E-state index is 0.343. The molecule has 1 atom stereocenters. The lowest BCUT2D eigenvalue weighted by Gasteiger charge is -2.39. The fourth-order valence-corrected chi connectivity index (χ4v) is 2.45. The van der Waals surface area contributed by atoms with Crippen molar-refractivity contribution in [2.45, 2.75) is 31.6 Å². The van der Waals surface area contributed by atoms with Gasteiger partial charge in [-0.15, -0.1) is 0 Å². The third-order valence-electron chi connectivity index (χ3n) is 3.95. The number of sulfone groups is 1. The molecule has 1 fully saturated rings. The molecule has 0 bridgehead atoms. The van der Waals surface area contributed by atoms with E-state index in [0.717, 1.165) is 6.26 Å². The molecule has 1 rings (SSSR count). The Morgan fingerprint density at radius 3 is 1.95 bits per heavy atom. The van der Waals surface area contributed by atoms with E-state index in [9.17, 15) is 18.0 Å². The predicted octanol–water partition coefficient (Wildman–Crippen LogP) is -0.573. The van der Waals surface area contributed by atoms with Crippen molar-refractivity contribution in [3.63, 3.8) is 0 Å². The van der Waals surface area contributed by atoms with Gasteiger partial charge in [0.2, 0.25) is 5.91 Å². The smallest absolute Gasteiger partial charge is 0.320 e. The quantitative estimate of drug-likeness (QED) is 0.747. The van der Waals surface area contributed by atoms with E-state index in [0.29, 0.717) is 26.2 Å². The predicted molar refractivity (Wildman–Crippen MR) is 74.2 cm³/mol. The molecule has 1 N–H and O–H groups in total. The van der Waals surface area contributed by atoms with Gasteiger partial charge in [-0.25, -0.2) is 8.42 Å². The van der Waals surface area contributed by atoms with Crippen molar-refractivity contribution in [2.75, 3.05) is 32.4 Å². The second kappa shape index (κ2) is 5.69. The molecular weight excluding hydrogens is 284 g/mol. The van der Waals surface area contributed by atoms with Gasteiger partial charge in [0, 0.05) is 32.4 Å². The van der Waals surface area contributed by atoms with Crippen molar-refractivity contribution in [1.29, 1.82) is 0 Å². The van der Waals surface area contributed by atoms with Crippen LogP contribution in [0.2, 0.25) is 0 Å². The third kappa shape index (κ3) is 3.29. The maximum Gasteiger partial charge on any atom is 0.320 e. The highest BCUT2D eigenvalue weighted by atomic mass is 32.2. The van der Waals surface area contributed by atoms with Crippen LogP contribution < -0.4 is 0 Å². The van der Waals surface area contributed by atoms with Crippen molar-refractivity contribution >= 4 is 21.7 Å². The van der Waals surface area contributed by atoms with Crippen molar-refractivity contribution in [3.05, 3.63) is 0 Å². The summed E-state index contributed by atoms with van der Waals surface area (Å²) < 4.78 is 21.9. The summed E-state index contributed by atoms with van der Waals surface area (Å²) in [5.41, 5.74) is 0. The average molecular weight is 306 g/mol. The Labute approximate surface area is 119 Å². The van der Waals surface area contributed by atoms with Gasteiger partial charge in [-0.1, -0.05) is 0 Å². The molecule has 0 radical (unpaired) electrons. The molecule has 116 valence electrons. The van der Waals surface area contributed by atoms with Crippen molar-refractivity contribution in [3.8, 4) is 0 Å². The Morgan fingerprint density at radius 1 is 1.15 bits per heavy atom. The van der Waals surface area contributed by atoms with E-state index in [2.05, 4.69) is 0 Å². The van der Waals surface area contributed by atoms with Gasteiger partial charge in [-0.2, -0.15) is 0 Å². The topological polar surface area (TPSA) is 95.0 Å². The number of carbonyl (C=O) groups is 2. The second-order valence-corrected chi connectivity index (χ2v) is 8.19. The first kappa shape index (κ1) is 16.9. The van der Waals surface area contributed by atoms with E-state index >= 15 is 0 Å². The number of hydrogen-bond donors (Lipinski definition) is 1. The van der Waals surface area contributed by atoms with Crippen LogP contribution in [0.3, 0.4) is 0 Å². The normalized spacial score (nSPS) is 19.7. The average Bonchev–Trinajstić information content (AvgIpc) is 2.35. The van der Waals surface area contributed by atoms with Crippen molar-refractivity contribution < 1.29 is 23.1 Å². The van der Waals surface area contributed by atoms with Gasteiger partial charge >= 0.3 is 5.97 Å². The molecule has 7 nitrogen and oxygen atoms in total. The summed E-state index contributed by atoms with van der Waals surface area (Å²) in [5, 5.41) is 8.94. The highest BCUT2D eigenvalue weighted by molar-refractivity contribution is 7.92. The molecule has 1 unspecified atom stereocenters. The zero-order valence-corrected chi connectivity index (χ0v) is 13.1. The van der Waals surface area contributed by atoms with Crippen LogP contribution in [-0.4, -0.2) is 78.4 Å². The number of hydrogen-bond acceptors (Lipinski definition) is 5. The van der Waals surface area contributed by atoms with Crippen LogP contribution >= 0.6 is 0 Å². The van der Waals surface area contributed by atoms with E-state index in [4.69, 9.17) is 5.11 Å². The molecule has 0 spiro atoms. The van der Waals surface area contributed by atoms with E-state index in [1.807, 2.05) is 0 Å². The van der Waals surface area contributed by atoms with Crippen molar-refractivity contribution in [2.24, 2.45) is 0 Å². The van der Waals surface area contributed by atoms with E-state index in [1.165, 1.54) is 18.7 Å². The molecule has 8 heteroatoms. The molecule has 20 heavy (non-hydrogen) atoms. The summed E-state index contributed by atoms with van der Waals surface area (Å²) in [7, 11) is -3.49. The minimum Gasteiger partial charge on any atom is -0.480 e. The molecule has 0 saturated carbocycles. The Balaban J connectivity index is 2.71. The first-order valence-corrected chi connectivity index (χ1v) is 8.33. The number of rotatable bonds is 4. The lowest BCUT2D eigenvalue weighted by Crippen LogP contribution is -2.58. The van der Waals surface area contributed by atoms with Gasteiger partial charge in [0.15, 0.2) is 9.84 Å². The SMILES string of the molecule is CC(C(=O)O)N1CCN(C(=O)C(C)(C)S(C)(=O)=O)CC1. The number of carbonyl (C=O) groups excluding carboxylic acids is 1. The largest absolute Gasteiger partial charge is 0.480 e. The lowest BCUT2D eigenvalue weighted by atomic mass is 10.1. The summed E-state index contributed by atoms with van der Waals surface area (Å²) in [6.07, 6.45) is 1.05. The molecule has 0 aromatic carbocycles. The third-order valence-corrected chi connectivity index (χ3v) is 5.98. The number of amides is 1. The van der Waals surface area contributed by atoms with Crippen LogP contribution in [0.25, 0.3) is 0 Å². The zero-order valence-electron chi connectivity index (χ0n) is 12.3. The summed E-state index contributed by atoms with van der Waals surface area (Å²) in [6, 6.07) is -0.602. The van der Waals surface area contributed by atoms with Gasteiger partial charge in [0.1, 0.15) is 10.8 Å². The molecule has 0 aliphatic carbocycles. The molecular formula is C12H22N2O5S. The Hall–Kier alpha value is -1.15. The number of carboxylic acid groups (broad SMARTS) is 1. The number of piperazine rings is 1. The highest BCUT2D eigenvalue weighted by Crippen LogP contribution is 2.20. The van der Waals surface area contributed by atoms with Gasteiger partial charge < -0.3 is 10.0 Å². The molecule has 0 aromatic rings. The Kier molecular flexibility index (Phi) is 4.81. The Bertz CT molecular complexity index is 492. The molecule has 1 aliphatic heterocycles. The fraction of sp³-hybridized carbons (Fsp3) is 0.833. The monoisotopic (exact) mass is 306 g/mol. The maximum absolute atomic E-state index is 12.3. The molecule has 1 saturated heterocycles. The van der Waals surface area contributed by atoms with Crippen LogP contribution in [0, 0.1) is 0 Å². The number of nitrogens with zero attached hydrogens (tertiary/aromatic N) is 2. The van der Waals surface area contributed by atoms with Gasteiger partial charge in [0.25, 0.3) is 0 Å². The van der Waals surface area contributed by atoms with E-state index in [1.54, 1.807) is 11.8 Å². The first-order valence-electron chi connectivity index (χ1n) is 6.44. The minimum atomic E-state index is -3.49. The van der Waals surface area contributed by atoms with Crippen molar-refractivity contribution in [1.82, 2.24) is 9.80 Å². The molecule has 1 aliphatic rings. The molecule has 0 aromatic heterocycles. The Morgan fingerprint density at radius 2 is 1.60 bits per heavy atom.